The molecule has 0 atom stereocenters. The lowest BCUT2D eigenvalue weighted by molar-refractivity contribution is -0.126. The molecule has 37 heavy (non-hydrogen) atoms. The van der Waals surface area contributed by atoms with Crippen molar-refractivity contribution in [3.63, 3.8) is 0 Å². The molecule has 0 saturated carbocycles. The van der Waals surface area contributed by atoms with Crippen LogP contribution in [0.4, 0.5) is 0 Å². The molecule has 9 nitrogen and oxygen atoms in total. The molecular weight excluding hydrogens is 470 g/mol. The van der Waals surface area contributed by atoms with E-state index in [1.165, 1.54) is 5.56 Å². The van der Waals surface area contributed by atoms with E-state index in [4.69, 9.17) is 14.0 Å². The summed E-state index contributed by atoms with van der Waals surface area (Å²) in [6.45, 7) is 7.26. The van der Waals surface area contributed by atoms with E-state index in [9.17, 15) is 4.79 Å². The number of carbonyl (C=O) groups is 1. The third kappa shape index (κ3) is 6.94. The third-order valence-corrected chi connectivity index (χ3v) is 7.10. The van der Waals surface area contributed by atoms with Gasteiger partial charge in [-0.25, -0.2) is 0 Å². The van der Waals surface area contributed by atoms with Gasteiger partial charge in [-0.3, -0.25) is 14.6 Å². The van der Waals surface area contributed by atoms with Crippen molar-refractivity contribution in [2.45, 2.75) is 32.5 Å². The summed E-state index contributed by atoms with van der Waals surface area (Å²) in [6.07, 6.45) is 1.64. The second-order valence-corrected chi connectivity index (χ2v) is 9.72. The van der Waals surface area contributed by atoms with Crippen LogP contribution in [-0.2, 0) is 29.2 Å². The number of rotatable bonds is 9. The molecule has 0 spiro atoms. The van der Waals surface area contributed by atoms with Crippen LogP contribution in [0.25, 0.3) is 11.4 Å². The van der Waals surface area contributed by atoms with Crippen LogP contribution in [0.5, 0.6) is 5.75 Å². The Balaban J connectivity index is 1.05. The molecule has 0 radical (unpaired) electrons. The van der Waals surface area contributed by atoms with E-state index in [2.05, 4.69) is 49.5 Å². The number of nitrogens with zero attached hydrogens (tertiary/aromatic N) is 4. The van der Waals surface area contributed by atoms with Crippen molar-refractivity contribution in [3.05, 3.63) is 65.5 Å². The van der Waals surface area contributed by atoms with E-state index < -0.39 is 0 Å². The van der Waals surface area contributed by atoms with E-state index >= 15 is 0 Å². The summed E-state index contributed by atoms with van der Waals surface area (Å²) < 4.78 is 16.1. The Morgan fingerprint density at radius 1 is 1.00 bits per heavy atom. The summed E-state index contributed by atoms with van der Waals surface area (Å²) in [5.41, 5.74) is 3.30. The van der Waals surface area contributed by atoms with Crippen LogP contribution in [0, 0.1) is 5.92 Å². The number of benzene rings is 2. The van der Waals surface area contributed by atoms with Crippen LogP contribution in [0.3, 0.4) is 0 Å². The number of amides is 1. The average Bonchev–Trinajstić information content (AvgIpc) is 3.41. The van der Waals surface area contributed by atoms with Gasteiger partial charge in [0.25, 0.3) is 0 Å². The van der Waals surface area contributed by atoms with Gasteiger partial charge in [0.2, 0.25) is 17.6 Å². The molecule has 0 bridgehead atoms. The number of piperidine rings is 1. The number of methoxy groups -OCH3 is 1. The molecule has 9 heteroatoms. The van der Waals surface area contributed by atoms with Crippen molar-refractivity contribution in [2.75, 3.05) is 46.5 Å². The molecule has 1 N–H and O–H groups in total. The van der Waals surface area contributed by atoms with E-state index in [1.807, 2.05) is 24.3 Å². The molecule has 3 heterocycles. The number of nitrogens with one attached hydrogen (secondary N) is 1. The van der Waals surface area contributed by atoms with Crippen LogP contribution in [-0.4, -0.2) is 72.4 Å². The highest BCUT2D eigenvalue weighted by molar-refractivity contribution is 5.78. The average molecular weight is 506 g/mol. The summed E-state index contributed by atoms with van der Waals surface area (Å²) in [6, 6.07) is 16.1. The monoisotopic (exact) mass is 505 g/mol. The van der Waals surface area contributed by atoms with Crippen molar-refractivity contribution < 1.29 is 18.8 Å². The Kier molecular flexibility index (Phi) is 8.45. The van der Waals surface area contributed by atoms with E-state index in [1.54, 1.807) is 7.11 Å². The molecule has 2 aromatic carbocycles. The van der Waals surface area contributed by atoms with Crippen molar-refractivity contribution in [1.82, 2.24) is 25.3 Å². The van der Waals surface area contributed by atoms with Gasteiger partial charge in [-0.2, -0.15) is 4.98 Å². The van der Waals surface area contributed by atoms with Crippen LogP contribution in [0.2, 0.25) is 0 Å². The predicted octanol–water partition coefficient (Wildman–Crippen LogP) is 3.11. The van der Waals surface area contributed by atoms with Crippen LogP contribution in [0.1, 0.15) is 29.9 Å². The molecule has 0 unspecified atom stereocenters. The summed E-state index contributed by atoms with van der Waals surface area (Å²) in [5, 5.41) is 7.27. The third-order valence-electron chi connectivity index (χ3n) is 7.10. The fraction of sp³-hybridized carbons (Fsp3) is 0.464. The zero-order valence-corrected chi connectivity index (χ0v) is 21.4. The first-order valence-electron chi connectivity index (χ1n) is 13.0. The SMILES string of the molecule is COc1ccc(-c2noc(CN3CCC(C(=O)NCc4cccc(CN5CCOCC5)c4)CC3)n2)cc1. The molecule has 2 fully saturated rings. The summed E-state index contributed by atoms with van der Waals surface area (Å²) in [4.78, 5) is 22.1. The van der Waals surface area contributed by atoms with Gasteiger partial charge in [-0.15, -0.1) is 0 Å². The predicted molar refractivity (Wildman–Crippen MR) is 139 cm³/mol. The van der Waals surface area contributed by atoms with Gasteiger partial charge in [0, 0.05) is 37.7 Å². The Labute approximate surface area is 217 Å². The summed E-state index contributed by atoms with van der Waals surface area (Å²) >= 11 is 0. The highest BCUT2D eigenvalue weighted by Crippen LogP contribution is 2.22. The van der Waals surface area contributed by atoms with Gasteiger partial charge in [-0.1, -0.05) is 29.4 Å². The Morgan fingerprint density at radius 2 is 1.73 bits per heavy atom. The second kappa shape index (κ2) is 12.3. The number of aromatic nitrogens is 2. The smallest absolute Gasteiger partial charge is 0.241 e. The van der Waals surface area contributed by atoms with Crippen LogP contribution in [0.15, 0.2) is 53.1 Å². The van der Waals surface area contributed by atoms with Crippen LogP contribution < -0.4 is 10.1 Å². The topological polar surface area (TPSA) is 93.0 Å². The lowest BCUT2D eigenvalue weighted by Crippen LogP contribution is -2.40. The minimum atomic E-state index is 0.0327. The maximum Gasteiger partial charge on any atom is 0.241 e. The lowest BCUT2D eigenvalue weighted by Gasteiger charge is -2.30. The first-order chi connectivity index (χ1) is 18.2. The van der Waals surface area contributed by atoms with Crippen molar-refractivity contribution in [3.8, 4) is 17.1 Å². The highest BCUT2D eigenvalue weighted by atomic mass is 16.5. The largest absolute Gasteiger partial charge is 0.497 e. The molecule has 2 saturated heterocycles. The van der Waals surface area contributed by atoms with Crippen molar-refractivity contribution in [2.24, 2.45) is 5.92 Å². The molecule has 0 aliphatic carbocycles. The van der Waals surface area contributed by atoms with Gasteiger partial charge in [0.05, 0.1) is 26.9 Å². The molecule has 5 rings (SSSR count). The molecule has 196 valence electrons. The molecular formula is C28H35N5O4. The zero-order valence-electron chi connectivity index (χ0n) is 21.4. The molecule has 1 amide bonds. The minimum absolute atomic E-state index is 0.0327. The Bertz CT molecular complexity index is 1150. The standard InChI is InChI=1S/C28H35N5O4/c1-35-25-7-5-23(6-8-25)27-30-26(37-31-27)20-32-11-9-24(10-12-32)28(34)29-18-21-3-2-4-22(17-21)19-33-13-15-36-16-14-33/h2-8,17,24H,9-16,18-20H2,1H3,(H,29,34). The minimum Gasteiger partial charge on any atom is -0.497 e. The number of hydrogen-bond donors (Lipinski definition) is 1. The quantitative estimate of drug-likeness (QED) is 0.474. The van der Waals surface area contributed by atoms with Gasteiger partial charge in [0.15, 0.2) is 0 Å². The molecule has 1 aromatic heterocycles. The highest BCUT2D eigenvalue weighted by Gasteiger charge is 2.26. The fourth-order valence-electron chi connectivity index (χ4n) is 4.91. The van der Waals surface area contributed by atoms with Gasteiger partial charge >= 0.3 is 0 Å². The summed E-state index contributed by atoms with van der Waals surface area (Å²) in [5.74, 6) is 2.12. The normalized spacial score (nSPS) is 17.5. The maximum atomic E-state index is 12.8. The number of morpholine rings is 1. The first-order valence-corrected chi connectivity index (χ1v) is 13.0. The van der Waals surface area contributed by atoms with Gasteiger partial charge in [-0.05, 0) is 61.3 Å². The summed E-state index contributed by atoms with van der Waals surface area (Å²) in [7, 11) is 1.64. The molecule has 2 aliphatic rings. The van der Waals surface area contributed by atoms with E-state index in [0.717, 1.165) is 75.7 Å². The zero-order chi connectivity index (χ0) is 25.5. The van der Waals surface area contributed by atoms with Gasteiger partial charge < -0.3 is 19.3 Å². The number of ether oxygens (including phenoxy) is 2. The van der Waals surface area contributed by atoms with E-state index in [-0.39, 0.29) is 11.8 Å². The second-order valence-electron chi connectivity index (χ2n) is 9.72. The van der Waals surface area contributed by atoms with Crippen molar-refractivity contribution >= 4 is 5.91 Å². The molecule has 3 aromatic rings. The molecule has 2 aliphatic heterocycles. The Hall–Kier alpha value is -3.27. The van der Waals surface area contributed by atoms with Gasteiger partial charge in [0.1, 0.15) is 5.75 Å². The van der Waals surface area contributed by atoms with Crippen LogP contribution >= 0.6 is 0 Å². The van der Waals surface area contributed by atoms with Crippen molar-refractivity contribution in [1.29, 1.82) is 0 Å². The number of likely N-dealkylation sites (tertiary alicyclic amines) is 1. The first kappa shape index (κ1) is 25.4. The lowest BCUT2D eigenvalue weighted by atomic mass is 9.96. The Morgan fingerprint density at radius 3 is 2.49 bits per heavy atom. The number of carbonyl (C=O) groups excluding carboxylic acids is 1. The fourth-order valence-corrected chi connectivity index (χ4v) is 4.91. The maximum absolute atomic E-state index is 12.8. The number of hydrogen-bond acceptors (Lipinski definition) is 8. The van der Waals surface area contributed by atoms with E-state index in [0.29, 0.717) is 24.8 Å².